The SMILES string of the molecule is CN(CCSc1ncnc2c1c(Br)nn2C)Cc1ccccc1. The van der Waals surface area contributed by atoms with Crippen LogP contribution in [0.25, 0.3) is 11.0 Å². The zero-order chi connectivity index (χ0) is 16.2. The monoisotopic (exact) mass is 391 g/mol. The fourth-order valence-electron chi connectivity index (χ4n) is 2.40. The summed E-state index contributed by atoms with van der Waals surface area (Å²) in [6.45, 7) is 1.94. The first-order valence-electron chi connectivity index (χ1n) is 7.33. The number of hydrogen-bond donors (Lipinski definition) is 0. The predicted octanol–water partition coefficient (Wildman–Crippen LogP) is 3.35. The summed E-state index contributed by atoms with van der Waals surface area (Å²) in [7, 11) is 4.03. The molecule has 0 spiro atoms. The third-order valence-corrected chi connectivity index (χ3v) is 5.07. The van der Waals surface area contributed by atoms with E-state index >= 15 is 0 Å². The molecule has 23 heavy (non-hydrogen) atoms. The lowest BCUT2D eigenvalue weighted by Crippen LogP contribution is -2.20. The normalized spacial score (nSPS) is 11.5. The molecular formula is C16H18BrN5S. The molecule has 3 rings (SSSR count). The maximum absolute atomic E-state index is 4.41. The Bertz CT molecular complexity index is 790. The molecule has 0 aliphatic rings. The second kappa shape index (κ2) is 7.42. The van der Waals surface area contributed by atoms with Crippen LogP contribution in [0.1, 0.15) is 5.56 Å². The Kier molecular flexibility index (Phi) is 5.30. The van der Waals surface area contributed by atoms with Crippen LogP contribution in [0.15, 0.2) is 46.3 Å². The van der Waals surface area contributed by atoms with Crippen molar-refractivity contribution in [2.24, 2.45) is 7.05 Å². The van der Waals surface area contributed by atoms with Gasteiger partial charge in [0.05, 0.1) is 5.39 Å². The molecule has 0 N–H and O–H groups in total. The Hall–Kier alpha value is -1.44. The van der Waals surface area contributed by atoms with Crippen LogP contribution in [0.3, 0.4) is 0 Å². The molecule has 7 heteroatoms. The minimum absolute atomic E-state index is 0.802. The van der Waals surface area contributed by atoms with Crippen LogP contribution < -0.4 is 0 Å². The van der Waals surface area contributed by atoms with Crippen LogP contribution in [0, 0.1) is 0 Å². The van der Waals surface area contributed by atoms with Gasteiger partial charge in [0, 0.05) is 25.9 Å². The standard InChI is InChI=1S/C16H18BrN5S/c1-21(10-12-6-4-3-5-7-12)8-9-23-16-13-14(17)20-22(2)15(13)18-11-19-16/h3-7,11H,8-10H2,1-2H3. The molecular weight excluding hydrogens is 374 g/mol. The van der Waals surface area contributed by atoms with E-state index in [4.69, 9.17) is 0 Å². The summed E-state index contributed by atoms with van der Waals surface area (Å²) in [5, 5.41) is 6.32. The Morgan fingerprint density at radius 1 is 1.22 bits per heavy atom. The van der Waals surface area contributed by atoms with Gasteiger partial charge in [-0.3, -0.25) is 0 Å². The summed E-state index contributed by atoms with van der Waals surface area (Å²) in [5.74, 6) is 0.969. The quantitative estimate of drug-likeness (QED) is 0.476. The molecule has 120 valence electrons. The zero-order valence-corrected chi connectivity index (χ0v) is 15.5. The van der Waals surface area contributed by atoms with E-state index in [0.29, 0.717) is 0 Å². The summed E-state index contributed by atoms with van der Waals surface area (Å²) in [6.07, 6.45) is 1.60. The summed E-state index contributed by atoms with van der Waals surface area (Å²) in [6, 6.07) is 10.5. The lowest BCUT2D eigenvalue weighted by Gasteiger charge is -2.16. The molecule has 5 nitrogen and oxygen atoms in total. The number of nitrogens with zero attached hydrogens (tertiary/aromatic N) is 5. The minimum atomic E-state index is 0.802. The maximum atomic E-state index is 4.41. The molecule has 0 bridgehead atoms. The van der Waals surface area contributed by atoms with Crippen molar-refractivity contribution < 1.29 is 0 Å². The molecule has 0 saturated carbocycles. The van der Waals surface area contributed by atoms with E-state index in [2.05, 4.69) is 67.2 Å². The molecule has 0 saturated heterocycles. The van der Waals surface area contributed by atoms with Crippen molar-refractivity contribution in [2.75, 3.05) is 19.3 Å². The van der Waals surface area contributed by atoms with E-state index in [1.165, 1.54) is 5.56 Å². The first-order chi connectivity index (χ1) is 11.1. The van der Waals surface area contributed by atoms with Crippen molar-refractivity contribution in [3.8, 4) is 0 Å². The average molecular weight is 392 g/mol. The second-order valence-electron chi connectivity index (χ2n) is 5.36. The van der Waals surface area contributed by atoms with Crippen LogP contribution in [-0.2, 0) is 13.6 Å². The first kappa shape index (κ1) is 16.4. The van der Waals surface area contributed by atoms with Gasteiger partial charge in [-0.25, -0.2) is 14.6 Å². The van der Waals surface area contributed by atoms with Crippen LogP contribution in [0.2, 0.25) is 0 Å². The van der Waals surface area contributed by atoms with Crippen LogP contribution in [0.5, 0.6) is 0 Å². The smallest absolute Gasteiger partial charge is 0.163 e. The number of thioether (sulfide) groups is 1. The predicted molar refractivity (Wildman–Crippen MR) is 97.5 cm³/mol. The third kappa shape index (κ3) is 3.91. The average Bonchev–Trinajstić information content (AvgIpc) is 2.84. The Labute approximate surface area is 148 Å². The van der Waals surface area contributed by atoms with Gasteiger partial charge in [0.1, 0.15) is 16.0 Å². The van der Waals surface area contributed by atoms with Crippen LogP contribution in [-0.4, -0.2) is 44.0 Å². The van der Waals surface area contributed by atoms with E-state index in [1.54, 1.807) is 22.8 Å². The largest absolute Gasteiger partial charge is 0.301 e. The summed E-state index contributed by atoms with van der Waals surface area (Å²) in [5.41, 5.74) is 2.19. The van der Waals surface area contributed by atoms with Gasteiger partial charge in [-0.2, -0.15) is 5.10 Å². The lowest BCUT2D eigenvalue weighted by molar-refractivity contribution is 0.348. The van der Waals surface area contributed by atoms with E-state index in [-0.39, 0.29) is 0 Å². The molecule has 0 fully saturated rings. The van der Waals surface area contributed by atoms with Crippen molar-refractivity contribution in [1.82, 2.24) is 24.6 Å². The molecule has 0 aliphatic heterocycles. The van der Waals surface area contributed by atoms with Gasteiger partial charge in [0.2, 0.25) is 0 Å². The lowest BCUT2D eigenvalue weighted by atomic mass is 10.2. The minimum Gasteiger partial charge on any atom is -0.301 e. The number of fused-ring (bicyclic) bond motifs is 1. The Morgan fingerprint density at radius 2 is 2.00 bits per heavy atom. The van der Waals surface area contributed by atoms with Gasteiger partial charge >= 0.3 is 0 Å². The van der Waals surface area contributed by atoms with Gasteiger partial charge < -0.3 is 4.90 Å². The highest BCUT2D eigenvalue weighted by Crippen LogP contribution is 2.29. The summed E-state index contributed by atoms with van der Waals surface area (Å²) < 4.78 is 2.57. The number of aromatic nitrogens is 4. The Morgan fingerprint density at radius 3 is 2.78 bits per heavy atom. The molecule has 0 atom stereocenters. The highest BCUT2D eigenvalue weighted by molar-refractivity contribution is 9.10. The molecule has 0 amide bonds. The fourth-order valence-corrected chi connectivity index (χ4v) is 4.18. The zero-order valence-electron chi connectivity index (χ0n) is 13.1. The molecule has 0 radical (unpaired) electrons. The second-order valence-corrected chi connectivity index (χ2v) is 7.20. The van der Waals surface area contributed by atoms with Crippen molar-refractivity contribution >= 4 is 38.7 Å². The molecule has 1 aromatic carbocycles. The first-order valence-corrected chi connectivity index (χ1v) is 9.11. The van der Waals surface area contributed by atoms with E-state index in [0.717, 1.165) is 39.5 Å². The van der Waals surface area contributed by atoms with E-state index < -0.39 is 0 Å². The number of benzene rings is 1. The van der Waals surface area contributed by atoms with Crippen molar-refractivity contribution in [3.05, 3.63) is 46.8 Å². The van der Waals surface area contributed by atoms with Crippen molar-refractivity contribution in [2.45, 2.75) is 11.6 Å². The summed E-state index contributed by atoms with van der Waals surface area (Å²) in [4.78, 5) is 11.0. The van der Waals surface area contributed by atoms with Gasteiger partial charge in [0.25, 0.3) is 0 Å². The molecule has 2 heterocycles. The van der Waals surface area contributed by atoms with E-state index in [9.17, 15) is 0 Å². The van der Waals surface area contributed by atoms with Crippen molar-refractivity contribution in [3.63, 3.8) is 0 Å². The van der Waals surface area contributed by atoms with Gasteiger partial charge in [-0.1, -0.05) is 30.3 Å². The number of aryl methyl sites for hydroxylation is 1. The third-order valence-electron chi connectivity index (χ3n) is 3.55. The number of halogens is 1. The number of rotatable bonds is 6. The van der Waals surface area contributed by atoms with Crippen LogP contribution in [0.4, 0.5) is 0 Å². The van der Waals surface area contributed by atoms with Crippen LogP contribution >= 0.6 is 27.7 Å². The molecule has 2 aromatic heterocycles. The van der Waals surface area contributed by atoms with E-state index in [1.807, 2.05) is 13.1 Å². The Balaban J connectivity index is 1.61. The fraction of sp³-hybridized carbons (Fsp3) is 0.312. The number of hydrogen-bond acceptors (Lipinski definition) is 5. The summed E-state index contributed by atoms with van der Waals surface area (Å²) >= 11 is 5.24. The molecule has 0 aliphatic carbocycles. The van der Waals surface area contributed by atoms with Gasteiger partial charge in [-0.05, 0) is 28.5 Å². The molecule has 0 unspecified atom stereocenters. The van der Waals surface area contributed by atoms with Gasteiger partial charge in [0.15, 0.2) is 5.65 Å². The molecule has 3 aromatic rings. The highest BCUT2D eigenvalue weighted by Gasteiger charge is 2.13. The highest BCUT2D eigenvalue weighted by atomic mass is 79.9. The topological polar surface area (TPSA) is 46.8 Å². The van der Waals surface area contributed by atoms with Crippen molar-refractivity contribution in [1.29, 1.82) is 0 Å². The van der Waals surface area contributed by atoms with Gasteiger partial charge in [-0.15, -0.1) is 11.8 Å². The maximum Gasteiger partial charge on any atom is 0.163 e.